The second kappa shape index (κ2) is 8.51. The quantitative estimate of drug-likeness (QED) is 0.675. The minimum absolute atomic E-state index is 0.0132. The summed E-state index contributed by atoms with van der Waals surface area (Å²) in [5.74, 6) is 2.21. The van der Waals surface area contributed by atoms with Crippen LogP contribution in [0.25, 0.3) is 0 Å². The van der Waals surface area contributed by atoms with Gasteiger partial charge in [0.15, 0.2) is 5.78 Å². The normalized spacial score (nSPS) is 19.3. The molecule has 1 N–H and O–H groups in total. The highest BCUT2D eigenvalue weighted by atomic mass is 16.3. The van der Waals surface area contributed by atoms with Crippen molar-refractivity contribution in [3.63, 3.8) is 0 Å². The largest absolute Gasteiger partial charge is 0.469 e. The molecule has 1 saturated heterocycles. The molecule has 1 atom stereocenters. The van der Waals surface area contributed by atoms with E-state index in [1.807, 2.05) is 42.5 Å². The molecular formula is C24H27N5O2. The topological polar surface area (TPSA) is 74.5 Å². The first-order chi connectivity index (χ1) is 15.2. The number of nitrogens with one attached hydrogen (secondary N) is 1. The molecule has 1 aliphatic carbocycles. The van der Waals surface area contributed by atoms with Gasteiger partial charge in [0.1, 0.15) is 11.6 Å². The average Bonchev–Trinajstić information content (AvgIpc) is 3.34. The van der Waals surface area contributed by atoms with E-state index in [0.29, 0.717) is 30.2 Å². The van der Waals surface area contributed by atoms with Crippen LogP contribution < -0.4 is 10.2 Å². The third-order valence-corrected chi connectivity index (χ3v) is 6.21. The third kappa shape index (κ3) is 4.05. The highest BCUT2D eigenvalue weighted by Crippen LogP contribution is 2.36. The number of hydrogen-bond donors (Lipinski definition) is 1. The summed E-state index contributed by atoms with van der Waals surface area (Å²) in [7, 11) is 0. The van der Waals surface area contributed by atoms with E-state index in [2.05, 4.69) is 22.0 Å². The first-order valence-corrected chi connectivity index (χ1v) is 11.0. The standard InChI is InChI=1S/C24H27N5O2/c1-2-28-10-12-29(13-11-28)24-26-19-15-17(21-9-6-14-31-21)16-20(30)22(19)23(27-24)25-18-7-4-3-5-8-18/h3-9,14,17H,2,10-13,15-16H2,1H3,(H,25,26,27). The SMILES string of the molecule is CCN1CCN(c2nc3c(c(Nc4ccccc4)n2)C(=O)CC(c2ccco2)C3)CC1. The Kier molecular flexibility index (Phi) is 5.42. The predicted molar refractivity (Wildman–Crippen MR) is 120 cm³/mol. The zero-order valence-electron chi connectivity index (χ0n) is 17.8. The first-order valence-electron chi connectivity index (χ1n) is 11.0. The number of piperazine rings is 1. The lowest BCUT2D eigenvalue weighted by molar-refractivity contribution is 0.0959. The maximum Gasteiger partial charge on any atom is 0.227 e. The van der Waals surface area contributed by atoms with Crippen molar-refractivity contribution < 1.29 is 9.21 Å². The lowest BCUT2D eigenvalue weighted by Crippen LogP contribution is -2.47. The molecule has 7 nitrogen and oxygen atoms in total. The minimum Gasteiger partial charge on any atom is -0.469 e. The van der Waals surface area contributed by atoms with Gasteiger partial charge in [-0.3, -0.25) is 4.79 Å². The summed E-state index contributed by atoms with van der Waals surface area (Å²) in [6.45, 7) is 6.99. The van der Waals surface area contributed by atoms with E-state index < -0.39 is 0 Å². The number of para-hydroxylation sites is 1. The molecule has 7 heteroatoms. The van der Waals surface area contributed by atoms with Crippen LogP contribution in [-0.4, -0.2) is 53.4 Å². The molecule has 0 amide bonds. The van der Waals surface area contributed by atoms with E-state index >= 15 is 0 Å². The number of hydrogen-bond acceptors (Lipinski definition) is 7. The second-order valence-electron chi connectivity index (χ2n) is 8.15. The van der Waals surface area contributed by atoms with Crippen molar-refractivity contribution in [2.45, 2.75) is 25.7 Å². The zero-order valence-corrected chi connectivity index (χ0v) is 17.8. The molecule has 160 valence electrons. The number of ketones is 1. The first kappa shape index (κ1) is 19.8. The lowest BCUT2D eigenvalue weighted by atomic mass is 9.84. The Morgan fingerprint density at radius 2 is 1.84 bits per heavy atom. The number of furan rings is 1. The summed E-state index contributed by atoms with van der Waals surface area (Å²) in [6.07, 6.45) is 2.74. The monoisotopic (exact) mass is 417 g/mol. The van der Waals surface area contributed by atoms with E-state index in [0.717, 1.165) is 49.9 Å². The minimum atomic E-state index is 0.0132. The molecule has 0 spiro atoms. The van der Waals surface area contributed by atoms with E-state index in [1.54, 1.807) is 6.26 Å². The lowest BCUT2D eigenvalue weighted by Gasteiger charge is -2.35. The van der Waals surface area contributed by atoms with Crippen molar-refractivity contribution in [3.05, 3.63) is 65.7 Å². The number of benzene rings is 1. The number of carbonyl (C=O) groups is 1. The molecule has 1 aromatic carbocycles. The summed E-state index contributed by atoms with van der Waals surface area (Å²) < 4.78 is 5.61. The fourth-order valence-corrected chi connectivity index (χ4v) is 4.45. The van der Waals surface area contributed by atoms with Crippen LogP contribution in [0, 0.1) is 0 Å². The molecule has 31 heavy (non-hydrogen) atoms. The molecule has 1 fully saturated rings. The number of carbonyl (C=O) groups excluding carboxylic acids is 1. The van der Waals surface area contributed by atoms with Crippen LogP contribution in [0.4, 0.5) is 17.5 Å². The molecule has 5 rings (SSSR count). The van der Waals surface area contributed by atoms with Gasteiger partial charge in [0.25, 0.3) is 0 Å². The Balaban J connectivity index is 1.52. The predicted octanol–water partition coefficient (Wildman–Crippen LogP) is 3.87. The number of anilines is 3. The van der Waals surface area contributed by atoms with E-state index in [1.165, 1.54) is 0 Å². The third-order valence-electron chi connectivity index (χ3n) is 6.21. The smallest absolute Gasteiger partial charge is 0.227 e. The number of likely N-dealkylation sites (N-methyl/N-ethyl adjacent to an activating group) is 1. The number of aromatic nitrogens is 2. The van der Waals surface area contributed by atoms with Crippen molar-refractivity contribution in [3.8, 4) is 0 Å². The Labute approximate surface area is 182 Å². The number of Topliss-reactive ketones (excluding diaryl/α,β-unsaturated/α-hetero) is 1. The van der Waals surface area contributed by atoms with Gasteiger partial charge in [-0.25, -0.2) is 4.98 Å². The van der Waals surface area contributed by atoms with Crippen LogP contribution in [0.2, 0.25) is 0 Å². The van der Waals surface area contributed by atoms with Gasteiger partial charge < -0.3 is 19.5 Å². The molecule has 3 heterocycles. The second-order valence-corrected chi connectivity index (χ2v) is 8.15. The molecule has 0 saturated carbocycles. The number of rotatable bonds is 5. The maximum atomic E-state index is 13.2. The molecule has 0 radical (unpaired) electrons. The number of fused-ring (bicyclic) bond motifs is 1. The van der Waals surface area contributed by atoms with Gasteiger partial charge in [-0.1, -0.05) is 25.1 Å². The van der Waals surface area contributed by atoms with Gasteiger partial charge in [0.05, 0.1) is 17.5 Å². The van der Waals surface area contributed by atoms with Gasteiger partial charge >= 0.3 is 0 Å². The average molecular weight is 418 g/mol. The van der Waals surface area contributed by atoms with E-state index in [9.17, 15) is 4.79 Å². The molecule has 0 bridgehead atoms. The summed E-state index contributed by atoms with van der Waals surface area (Å²) in [4.78, 5) is 27.6. The van der Waals surface area contributed by atoms with Gasteiger partial charge in [-0.15, -0.1) is 0 Å². The Morgan fingerprint density at radius 3 is 2.55 bits per heavy atom. The van der Waals surface area contributed by atoms with E-state index in [4.69, 9.17) is 14.4 Å². The summed E-state index contributed by atoms with van der Waals surface area (Å²) in [5, 5.41) is 3.38. The van der Waals surface area contributed by atoms with Crippen molar-refractivity contribution in [2.75, 3.05) is 42.9 Å². The Morgan fingerprint density at radius 1 is 1.03 bits per heavy atom. The van der Waals surface area contributed by atoms with Gasteiger partial charge in [0.2, 0.25) is 5.95 Å². The summed E-state index contributed by atoms with van der Waals surface area (Å²) >= 11 is 0. The van der Waals surface area contributed by atoms with Crippen LogP contribution >= 0.6 is 0 Å². The van der Waals surface area contributed by atoms with E-state index in [-0.39, 0.29) is 11.7 Å². The molecule has 2 aliphatic rings. The van der Waals surface area contributed by atoms with Gasteiger partial charge in [-0.2, -0.15) is 4.98 Å². The van der Waals surface area contributed by atoms with Crippen molar-refractivity contribution >= 4 is 23.2 Å². The molecular weight excluding hydrogens is 390 g/mol. The number of nitrogens with zero attached hydrogens (tertiary/aromatic N) is 4. The molecule has 1 unspecified atom stereocenters. The van der Waals surface area contributed by atoms with Crippen molar-refractivity contribution in [1.29, 1.82) is 0 Å². The van der Waals surface area contributed by atoms with Crippen molar-refractivity contribution in [2.24, 2.45) is 0 Å². The van der Waals surface area contributed by atoms with Gasteiger partial charge in [-0.05, 0) is 30.8 Å². The molecule has 1 aliphatic heterocycles. The Bertz CT molecular complexity index is 1040. The van der Waals surface area contributed by atoms with Crippen LogP contribution in [0.1, 0.15) is 41.1 Å². The van der Waals surface area contributed by atoms with Crippen LogP contribution in [0.3, 0.4) is 0 Å². The fraction of sp³-hybridized carbons (Fsp3) is 0.375. The summed E-state index contributed by atoms with van der Waals surface area (Å²) in [5.41, 5.74) is 2.33. The van der Waals surface area contributed by atoms with Crippen molar-refractivity contribution in [1.82, 2.24) is 14.9 Å². The highest BCUT2D eigenvalue weighted by molar-refractivity contribution is 6.03. The van der Waals surface area contributed by atoms with Crippen LogP contribution in [0.15, 0.2) is 53.1 Å². The van der Waals surface area contributed by atoms with Gasteiger partial charge in [0, 0.05) is 50.6 Å². The Hall–Kier alpha value is -3.19. The summed E-state index contributed by atoms with van der Waals surface area (Å²) in [6, 6.07) is 13.7. The highest BCUT2D eigenvalue weighted by Gasteiger charge is 2.33. The molecule has 2 aromatic heterocycles. The van der Waals surface area contributed by atoms with Crippen LogP contribution in [-0.2, 0) is 6.42 Å². The fourth-order valence-electron chi connectivity index (χ4n) is 4.45. The molecule has 3 aromatic rings. The maximum absolute atomic E-state index is 13.2. The zero-order chi connectivity index (χ0) is 21.2. The van der Waals surface area contributed by atoms with Crippen LogP contribution in [0.5, 0.6) is 0 Å².